The molecule has 29 heavy (non-hydrogen) atoms. The molecule has 3 unspecified atom stereocenters. The van der Waals surface area contributed by atoms with E-state index in [-0.39, 0.29) is 5.78 Å². The fourth-order valence-electron chi connectivity index (χ4n) is 3.69. The van der Waals surface area contributed by atoms with E-state index in [1.54, 1.807) is 18.5 Å². The van der Waals surface area contributed by atoms with Gasteiger partial charge in [0.2, 0.25) is 0 Å². The minimum atomic E-state index is -1.41. The van der Waals surface area contributed by atoms with Crippen LogP contribution in [0.15, 0.2) is 42.6 Å². The summed E-state index contributed by atoms with van der Waals surface area (Å²) in [6, 6.07) is 8.13. The molecule has 2 aromatic rings. The highest BCUT2D eigenvalue weighted by atomic mass is 16.5. The van der Waals surface area contributed by atoms with E-state index in [4.69, 9.17) is 9.47 Å². The first-order valence-electron chi connectivity index (χ1n) is 9.68. The Morgan fingerprint density at radius 3 is 2.79 bits per heavy atom. The van der Waals surface area contributed by atoms with Crippen LogP contribution in [0.5, 0.6) is 0 Å². The minimum Gasteiger partial charge on any atom is -0.468 e. The summed E-state index contributed by atoms with van der Waals surface area (Å²) >= 11 is 0. The van der Waals surface area contributed by atoms with E-state index < -0.39 is 23.6 Å². The Morgan fingerprint density at radius 1 is 1.38 bits per heavy atom. The Morgan fingerprint density at radius 2 is 2.10 bits per heavy atom. The van der Waals surface area contributed by atoms with Gasteiger partial charge in [-0.3, -0.25) is 9.59 Å². The van der Waals surface area contributed by atoms with Gasteiger partial charge in [0.25, 0.3) is 0 Å². The van der Waals surface area contributed by atoms with Crippen LogP contribution in [0.1, 0.15) is 37.1 Å². The SMILES string of the molecule is C=C1C(=O)C(C)(C(=O)OC)C(CCc2cn(Cc3ccccc3C)nn2)OC1C. The Labute approximate surface area is 170 Å². The van der Waals surface area contributed by atoms with Crippen molar-refractivity contribution >= 4 is 11.8 Å². The number of nitrogens with zero attached hydrogens (tertiary/aromatic N) is 3. The van der Waals surface area contributed by atoms with Crippen molar-refractivity contribution in [3.8, 4) is 0 Å². The van der Waals surface area contributed by atoms with E-state index in [1.165, 1.54) is 18.2 Å². The topological polar surface area (TPSA) is 83.3 Å². The molecule has 0 radical (unpaired) electrons. The van der Waals surface area contributed by atoms with E-state index >= 15 is 0 Å². The number of carbonyl (C=O) groups is 2. The summed E-state index contributed by atoms with van der Waals surface area (Å²) in [5.74, 6) is -0.930. The predicted molar refractivity (Wildman–Crippen MR) is 107 cm³/mol. The van der Waals surface area contributed by atoms with Crippen LogP contribution < -0.4 is 0 Å². The van der Waals surface area contributed by atoms with Gasteiger partial charge < -0.3 is 9.47 Å². The van der Waals surface area contributed by atoms with Crippen molar-refractivity contribution in [1.29, 1.82) is 0 Å². The van der Waals surface area contributed by atoms with E-state index in [0.717, 1.165) is 5.69 Å². The standard InChI is InChI=1S/C22H27N3O4/c1-14-8-6-7-9-17(14)12-25-13-18(23-24-25)10-11-19-22(4,21(27)28-5)20(26)15(2)16(3)29-19/h6-9,13,16,19H,2,10-12H2,1,3-5H3. The number of aromatic nitrogens is 3. The van der Waals surface area contributed by atoms with E-state index in [2.05, 4.69) is 35.9 Å². The Kier molecular flexibility index (Phi) is 5.98. The summed E-state index contributed by atoms with van der Waals surface area (Å²) in [5.41, 5.74) is 2.03. The molecule has 0 spiro atoms. The number of carbonyl (C=O) groups excluding carboxylic acids is 2. The molecule has 3 atom stereocenters. The van der Waals surface area contributed by atoms with E-state index in [1.807, 2.05) is 18.3 Å². The van der Waals surface area contributed by atoms with Crippen LogP contribution in [-0.2, 0) is 32.0 Å². The lowest BCUT2D eigenvalue weighted by molar-refractivity contribution is -0.175. The molecule has 0 aliphatic carbocycles. The Hall–Kier alpha value is -2.80. The maximum atomic E-state index is 12.8. The second kappa shape index (κ2) is 8.29. The van der Waals surface area contributed by atoms with Crippen molar-refractivity contribution in [3.05, 3.63) is 59.4 Å². The summed E-state index contributed by atoms with van der Waals surface area (Å²) in [4.78, 5) is 25.2. The molecule has 1 aromatic carbocycles. The normalized spacial score (nSPS) is 24.6. The molecule has 7 nitrogen and oxygen atoms in total. The van der Waals surface area contributed by atoms with Crippen molar-refractivity contribution in [2.24, 2.45) is 5.41 Å². The van der Waals surface area contributed by atoms with Crippen LogP contribution in [0, 0.1) is 12.3 Å². The van der Waals surface area contributed by atoms with Crippen molar-refractivity contribution in [3.63, 3.8) is 0 Å². The molecule has 2 heterocycles. The minimum absolute atomic E-state index is 0.290. The maximum absolute atomic E-state index is 12.8. The highest BCUT2D eigenvalue weighted by molar-refractivity contribution is 6.13. The molecule has 1 saturated heterocycles. The van der Waals surface area contributed by atoms with Gasteiger partial charge in [0, 0.05) is 11.8 Å². The molecule has 0 amide bonds. The number of ether oxygens (including phenoxy) is 2. The van der Waals surface area contributed by atoms with Gasteiger partial charge in [-0.05, 0) is 44.7 Å². The number of hydrogen-bond acceptors (Lipinski definition) is 6. The van der Waals surface area contributed by atoms with Crippen LogP contribution in [0.2, 0.25) is 0 Å². The number of hydrogen-bond donors (Lipinski definition) is 0. The van der Waals surface area contributed by atoms with Gasteiger partial charge in [0.05, 0.1) is 31.6 Å². The lowest BCUT2D eigenvalue weighted by atomic mass is 9.72. The number of rotatable bonds is 6. The van der Waals surface area contributed by atoms with E-state index in [9.17, 15) is 9.59 Å². The Bertz CT molecular complexity index is 936. The molecule has 3 rings (SSSR count). The summed E-state index contributed by atoms with van der Waals surface area (Å²) in [7, 11) is 1.27. The summed E-state index contributed by atoms with van der Waals surface area (Å²) < 4.78 is 12.7. The molecule has 0 N–H and O–H groups in total. The molecular weight excluding hydrogens is 370 g/mol. The zero-order valence-corrected chi connectivity index (χ0v) is 17.3. The smallest absolute Gasteiger partial charge is 0.322 e. The number of benzene rings is 1. The Balaban J connectivity index is 1.72. The third-order valence-corrected chi connectivity index (χ3v) is 5.72. The van der Waals surface area contributed by atoms with Crippen molar-refractivity contribution in [2.75, 3.05) is 7.11 Å². The lowest BCUT2D eigenvalue weighted by Gasteiger charge is -2.41. The first-order valence-corrected chi connectivity index (χ1v) is 9.68. The molecule has 1 aliphatic rings. The molecule has 0 bridgehead atoms. The highest BCUT2D eigenvalue weighted by Crippen LogP contribution is 2.39. The number of methoxy groups -OCH3 is 1. The zero-order valence-electron chi connectivity index (χ0n) is 17.3. The van der Waals surface area contributed by atoms with Crippen molar-refractivity contribution in [2.45, 2.75) is 52.4 Å². The van der Waals surface area contributed by atoms with Crippen LogP contribution in [-0.4, -0.2) is 46.1 Å². The van der Waals surface area contributed by atoms with E-state index in [0.29, 0.717) is 25.0 Å². The van der Waals surface area contributed by atoms with Crippen molar-refractivity contribution in [1.82, 2.24) is 15.0 Å². The van der Waals surface area contributed by atoms with Crippen LogP contribution in [0.3, 0.4) is 0 Å². The average molecular weight is 397 g/mol. The van der Waals surface area contributed by atoms with Gasteiger partial charge in [-0.25, -0.2) is 4.68 Å². The summed E-state index contributed by atoms with van der Waals surface area (Å²) in [6.07, 6.45) is 1.79. The molecule has 0 saturated carbocycles. The molecule has 1 fully saturated rings. The van der Waals surface area contributed by atoms with Crippen LogP contribution in [0.25, 0.3) is 0 Å². The fraction of sp³-hybridized carbons (Fsp3) is 0.455. The van der Waals surface area contributed by atoms with Gasteiger partial charge in [0.15, 0.2) is 11.2 Å². The molecule has 1 aliphatic heterocycles. The largest absolute Gasteiger partial charge is 0.468 e. The highest BCUT2D eigenvalue weighted by Gasteiger charge is 2.54. The maximum Gasteiger partial charge on any atom is 0.322 e. The van der Waals surface area contributed by atoms with Crippen molar-refractivity contribution < 1.29 is 19.1 Å². The van der Waals surface area contributed by atoms with Gasteiger partial charge in [0.1, 0.15) is 0 Å². The lowest BCUT2D eigenvalue weighted by Crippen LogP contribution is -2.55. The third-order valence-electron chi connectivity index (χ3n) is 5.72. The number of esters is 1. The van der Waals surface area contributed by atoms with Gasteiger partial charge in [-0.2, -0.15) is 0 Å². The second-order valence-corrected chi connectivity index (χ2v) is 7.69. The summed E-state index contributed by atoms with van der Waals surface area (Å²) in [5, 5.41) is 8.43. The molecular formula is C22H27N3O4. The first-order chi connectivity index (χ1) is 13.8. The predicted octanol–water partition coefficient (Wildman–Crippen LogP) is 2.66. The molecule has 1 aromatic heterocycles. The monoisotopic (exact) mass is 397 g/mol. The number of Topliss-reactive ketones (excluding diaryl/α,β-unsaturated/α-hetero) is 1. The average Bonchev–Trinajstić information content (AvgIpc) is 3.16. The van der Waals surface area contributed by atoms with Crippen LogP contribution in [0.4, 0.5) is 0 Å². The number of ketones is 1. The number of aryl methyl sites for hydroxylation is 2. The van der Waals surface area contributed by atoms with Gasteiger partial charge in [-0.1, -0.05) is 36.1 Å². The quantitative estimate of drug-likeness (QED) is 0.423. The van der Waals surface area contributed by atoms with Gasteiger partial charge in [-0.15, -0.1) is 5.10 Å². The second-order valence-electron chi connectivity index (χ2n) is 7.69. The summed E-state index contributed by atoms with van der Waals surface area (Å²) in [6.45, 7) is 9.81. The fourth-order valence-corrected chi connectivity index (χ4v) is 3.69. The molecule has 7 heteroatoms. The zero-order chi connectivity index (χ0) is 21.2. The third kappa shape index (κ3) is 4.00. The first kappa shape index (κ1) is 20.9. The molecule has 154 valence electrons. The van der Waals surface area contributed by atoms with Crippen LogP contribution >= 0.6 is 0 Å². The van der Waals surface area contributed by atoms with Gasteiger partial charge >= 0.3 is 5.97 Å².